The smallest absolute Gasteiger partial charge is 0.310 e. The largest absolute Gasteiger partial charge is 0.469 e. The number of ether oxygens (including phenoxy) is 1. The van der Waals surface area contributed by atoms with Crippen LogP contribution < -0.4 is 0 Å². The molecule has 0 saturated carbocycles. The van der Waals surface area contributed by atoms with Crippen molar-refractivity contribution in [2.45, 2.75) is 39.2 Å². The third-order valence-electron chi connectivity index (χ3n) is 6.47. The lowest BCUT2D eigenvalue weighted by molar-refractivity contribution is -0.139. The Hall–Kier alpha value is -3.69. The second-order valence-corrected chi connectivity index (χ2v) is 8.64. The van der Waals surface area contributed by atoms with Gasteiger partial charge in [-0.25, -0.2) is 9.07 Å². The van der Waals surface area contributed by atoms with E-state index in [4.69, 9.17) is 4.74 Å². The van der Waals surface area contributed by atoms with E-state index in [1.807, 2.05) is 31.2 Å². The zero-order valence-electron chi connectivity index (χ0n) is 19.5. The van der Waals surface area contributed by atoms with Crippen LogP contribution in [0, 0.1) is 23.1 Å². The molecule has 2 aromatic carbocycles. The maximum Gasteiger partial charge on any atom is 0.310 e. The van der Waals surface area contributed by atoms with Crippen molar-refractivity contribution in [3.8, 4) is 17.5 Å². The minimum atomic E-state index is -0.924. The van der Waals surface area contributed by atoms with E-state index in [9.17, 15) is 14.3 Å². The van der Waals surface area contributed by atoms with Crippen LogP contribution in [0.5, 0.6) is 0 Å². The summed E-state index contributed by atoms with van der Waals surface area (Å²) >= 11 is 0. The molecule has 0 radical (unpaired) electrons. The van der Waals surface area contributed by atoms with Crippen molar-refractivity contribution in [1.29, 1.82) is 0 Å². The summed E-state index contributed by atoms with van der Waals surface area (Å²) in [4.78, 5) is 11.7. The number of benzene rings is 2. The van der Waals surface area contributed by atoms with Crippen LogP contribution in [0.25, 0.3) is 11.8 Å². The summed E-state index contributed by atoms with van der Waals surface area (Å²) in [7, 11) is 1.36. The first-order chi connectivity index (χ1) is 16.4. The molecule has 6 heteroatoms. The standard InChI is InChI=1S/C28H27FN2O3/c1-4-22-16-25-21(18-30-31(25)24-12-10-23(29)11-13-24)17-28(22,2)26(32)14-9-19-7-5-6-8-20(19)15-27(33)34-3/h5-8,10-13,16,18,26,32H,4,15,17H2,1-3H3/t26-,28?/m0/s1. The van der Waals surface area contributed by atoms with E-state index in [-0.39, 0.29) is 18.2 Å². The average Bonchev–Trinajstić information content (AvgIpc) is 3.25. The van der Waals surface area contributed by atoms with Crippen LogP contribution in [0.2, 0.25) is 0 Å². The van der Waals surface area contributed by atoms with E-state index < -0.39 is 11.5 Å². The zero-order chi connectivity index (χ0) is 24.3. The Balaban J connectivity index is 1.65. The molecule has 5 nitrogen and oxygen atoms in total. The minimum Gasteiger partial charge on any atom is -0.469 e. The third kappa shape index (κ3) is 4.52. The molecule has 0 amide bonds. The number of carbonyl (C=O) groups excluding carboxylic acids is 1. The molecule has 1 N–H and O–H groups in total. The Labute approximate surface area is 198 Å². The first-order valence-corrected chi connectivity index (χ1v) is 11.2. The summed E-state index contributed by atoms with van der Waals surface area (Å²) in [5.74, 6) is 5.47. The zero-order valence-corrected chi connectivity index (χ0v) is 19.5. The highest BCUT2D eigenvalue weighted by Gasteiger charge is 2.39. The summed E-state index contributed by atoms with van der Waals surface area (Å²) < 4.78 is 19.9. The van der Waals surface area contributed by atoms with Crippen molar-refractivity contribution in [3.05, 3.63) is 88.5 Å². The number of nitrogens with zero attached hydrogens (tertiary/aromatic N) is 2. The topological polar surface area (TPSA) is 64.3 Å². The van der Waals surface area contributed by atoms with Gasteiger partial charge in [-0.3, -0.25) is 4.79 Å². The summed E-state index contributed by atoms with van der Waals surface area (Å²) in [6, 6.07) is 13.6. The highest BCUT2D eigenvalue weighted by molar-refractivity contribution is 5.73. The van der Waals surface area contributed by atoms with Crippen molar-refractivity contribution in [2.24, 2.45) is 5.41 Å². The fourth-order valence-corrected chi connectivity index (χ4v) is 4.42. The monoisotopic (exact) mass is 458 g/mol. The number of hydrogen-bond donors (Lipinski definition) is 1. The number of aliphatic hydroxyl groups is 1. The molecule has 34 heavy (non-hydrogen) atoms. The number of methoxy groups -OCH3 is 1. The molecule has 1 aliphatic rings. The maximum atomic E-state index is 13.4. The number of aromatic nitrogens is 2. The van der Waals surface area contributed by atoms with Crippen molar-refractivity contribution in [3.63, 3.8) is 0 Å². The summed E-state index contributed by atoms with van der Waals surface area (Å²) in [5, 5.41) is 15.7. The molecular weight excluding hydrogens is 431 g/mol. The molecule has 1 aliphatic carbocycles. The number of fused-ring (bicyclic) bond motifs is 1. The number of hydrogen-bond acceptors (Lipinski definition) is 4. The Morgan fingerprint density at radius 1 is 1.26 bits per heavy atom. The van der Waals surface area contributed by atoms with Gasteiger partial charge in [-0.1, -0.05) is 49.5 Å². The summed E-state index contributed by atoms with van der Waals surface area (Å²) in [6.45, 7) is 4.07. The molecule has 1 unspecified atom stereocenters. The lowest BCUT2D eigenvalue weighted by Crippen LogP contribution is -2.37. The van der Waals surface area contributed by atoms with Gasteiger partial charge in [-0.2, -0.15) is 5.10 Å². The molecular formula is C28H27FN2O3. The van der Waals surface area contributed by atoms with E-state index in [1.165, 1.54) is 19.2 Å². The fraction of sp³-hybridized carbons (Fsp3) is 0.286. The van der Waals surface area contributed by atoms with Crippen molar-refractivity contribution >= 4 is 12.0 Å². The molecule has 0 saturated heterocycles. The highest BCUT2D eigenvalue weighted by atomic mass is 19.1. The van der Waals surface area contributed by atoms with Gasteiger partial charge in [0.2, 0.25) is 0 Å². The summed E-state index contributed by atoms with van der Waals surface area (Å²) in [6.07, 6.45) is 4.37. The van der Waals surface area contributed by atoms with Gasteiger partial charge in [-0.15, -0.1) is 0 Å². The molecule has 0 aliphatic heterocycles. The number of esters is 1. The predicted molar refractivity (Wildman–Crippen MR) is 129 cm³/mol. The number of carbonyl (C=O) groups is 1. The van der Waals surface area contributed by atoms with Crippen molar-refractivity contribution in [2.75, 3.05) is 7.11 Å². The van der Waals surface area contributed by atoms with Crippen LogP contribution in [0.15, 0.2) is 60.3 Å². The second-order valence-electron chi connectivity index (χ2n) is 8.64. The number of rotatable bonds is 5. The molecule has 3 aromatic rings. The van der Waals surface area contributed by atoms with Crippen molar-refractivity contribution < 1.29 is 19.0 Å². The van der Waals surface area contributed by atoms with E-state index in [2.05, 4.69) is 29.9 Å². The van der Waals surface area contributed by atoms with Crippen molar-refractivity contribution in [1.82, 2.24) is 9.78 Å². The Bertz CT molecular complexity index is 1300. The lowest BCUT2D eigenvalue weighted by Gasteiger charge is -2.37. The Morgan fingerprint density at radius 2 is 2.00 bits per heavy atom. The van der Waals surface area contributed by atoms with Gasteiger partial charge < -0.3 is 9.84 Å². The molecule has 2 atom stereocenters. The molecule has 0 fully saturated rings. The molecule has 174 valence electrons. The molecule has 1 heterocycles. The van der Waals surface area contributed by atoms with Gasteiger partial charge in [0.25, 0.3) is 0 Å². The van der Waals surface area contributed by atoms with Crippen LogP contribution >= 0.6 is 0 Å². The molecule has 0 bridgehead atoms. The molecule has 4 rings (SSSR count). The molecule has 1 aromatic heterocycles. The average molecular weight is 459 g/mol. The predicted octanol–water partition coefficient (Wildman–Crippen LogP) is 4.50. The first kappa shape index (κ1) is 23.5. The lowest BCUT2D eigenvalue weighted by atomic mass is 9.68. The Kier molecular flexibility index (Phi) is 6.67. The number of halogens is 1. The van der Waals surface area contributed by atoms with Gasteiger partial charge in [0.15, 0.2) is 0 Å². The normalized spacial score (nSPS) is 17.7. The third-order valence-corrected chi connectivity index (χ3v) is 6.47. The maximum absolute atomic E-state index is 13.4. The molecule has 0 spiro atoms. The van der Waals surface area contributed by atoms with Gasteiger partial charge >= 0.3 is 5.97 Å². The number of aliphatic hydroxyl groups excluding tert-OH is 1. The first-order valence-electron chi connectivity index (χ1n) is 11.2. The van der Waals surface area contributed by atoms with Crippen LogP contribution in [0.4, 0.5) is 4.39 Å². The van der Waals surface area contributed by atoms with Gasteiger partial charge in [-0.05, 0) is 60.4 Å². The van der Waals surface area contributed by atoms with Gasteiger partial charge in [0.1, 0.15) is 11.9 Å². The quantitative estimate of drug-likeness (QED) is 0.452. The van der Waals surface area contributed by atoms with Crippen LogP contribution in [-0.2, 0) is 22.4 Å². The summed E-state index contributed by atoms with van der Waals surface area (Å²) in [5.41, 5.74) is 4.63. The minimum absolute atomic E-state index is 0.126. The van der Waals surface area contributed by atoms with E-state index >= 15 is 0 Å². The SMILES string of the molecule is CCC1=Cc2c(cnn2-c2ccc(F)cc2)CC1(C)[C@@H](O)C#Cc1ccccc1CC(=O)OC. The van der Waals surface area contributed by atoms with Gasteiger partial charge in [0.05, 0.1) is 31.1 Å². The van der Waals surface area contributed by atoms with E-state index in [0.29, 0.717) is 12.0 Å². The fourth-order valence-electron chi connectivity index (χ4n) is 4.42. The Morgan fingerprint density at radius 3 is 2.71 bits per heavy atom. The second kappa shape index (κ2) is 9.66. The highest BCUT2D eigenvalue weighted by Crippen LogP contribution is 2.43. The van der Waals surface area contributed by atoms with Gasteiger partial charge in [0, 0.05) is 11.0 Å². The van der Waals surface area contributed by atoms with Crippen LogP contribution in [-0.4, -0.2) is 34.1 Å². The van der Waals surface area contributed by atoms with E-state index in [0.717, 1.165) is 34.5 Å². The van der Waals surface area contributed by atoms with Crippen LogP contribution in [0.3, 0.4) is 0 Å². The van der Waals surface area contributed by atoms with Crippen LogP contribution in [0.1, 0.15) is 42.7 Å². The van der Waals surface area contributed by atoms with E-state index in [1.54, 1.807) is 23.0 Å².